The Hall–Kier alpha value is -2.12. The van der Waals surface area contributed by atoms with Crippen molar-refractivity contribution in [2.24, 2.45) is 0 Å². The van der Waals surface area contributed by atoms with Gasteiger partial charge in [0.25, 0.3) is 0 Å². The lowest BCUT2D eigenvalue weighted by Crippen LogP contribution is -2.39. The van der Waals surface area contributed by atoms with E-state index in [-0.39, 0.29) is 0 Å². The van der Waals surface area contributed by atoms with Crippen molar-refractivity contribution in [2.45, 2.75) is 16.8 Å². The summed E-state index contributed by atoms with van der Waals surface area (Å²) < 4.78 is 5.42. The SMILES string of the molecule is Cc1ccc(-c2nc(NCCN3CCOCC3)cc(Sc3ccc(Cl)cc3)n2)cc1. The molecule has 1 aromatic heterocycles. The number of benzene rings is 2. The number of hydrogen-bond acceptors (Lipinski definition) is 6. The Labute approximate surface area is 186 Å². The zero-order valence-corrected chi connectivity index (χ0v) is 18.5. The average molecular weight is 441 g/mol. The first kappa shape index (κ1) is 21.1. The van der Waals surface area contributed by atoms with E-state index in [9.17, 15) is 0 Å². The summed E-state index contributed by atoms with van der Waals surface area (Å²) in [4.78, 5) is 13.1. The van der Waals surface area contributed by atoms with Gasteiger partial charge in [-0.3, -0.25) is 4.90 Å². The molecular formula is C23H25ClN4OS. The Kier molecular flexibility index (Phi) is 7.23. The van der Waals surface area contributed by atoms with E-state index in [2.05, 4.69) is 41.4 Å². The van der Waals surface area contributed by atoms with E-state index >= 15 is 0 Å². The number of anilines is 1. The first-order valence-corrected chi connectivity index (χ1v) is 11.3. The van der Waals surface area contributed by atoms with Gasteiger partial charge in [-0.25, -0.2) is 9.97 Å². The van der Waals surface area contributed by atoms with Crippen LogP contribution in [0.5, 0.6) is 0 Å². The summed E-state index contributed by atoms with van der Waals surface area (Å²) in [6, 6.07) is 18.1. The van der Waals surface area contributed by atoms with Gasteiger partial charge in [-0.2, -0.15) is 0 Å². The molecule has 1 aliphatic heterocycles. The summed E-state index contributed by atoms with van der Waals surface area (Å²) in [5, 5.41) is 5.11. The van der Waals surface area contributed by atoms with Crippen LogP contribution in [-0.2, 0) is 4.74 Å². The molecule has 30 heavy (non-hydrogen) atoms. The van der Waals surface area contributed by atoms with E-state index in [0.717, 1.165) is 71.5 Å². The van der Waals surface area contributed by atoms with Crippen molar-refractivity contribution in [1.82, 2.24) is 14.9 Å². The zero-order valence-electron chi connectivity index (χ0n) is 17.0. The summed E-state index contributed by atoms with van der Waals surface area (Å²) in [6.45, 7) is 7.47. The molecule has 3 aromatic rings. The summed E-state index contributed by atoms with van der Waals surface area (Å²) >= 11 is 7.63. The van der Waals surface area contributed by atoms with Crippen LogP contribution in [0.4, 0.5) is 5.82 Å². The number of aromatic nitrogens is 2. The van der Waals surface area contributed by atoms with Gasteiger partial charge in [0.05, 0.1) is 13.2 Å². The first-order chi connectivity index (χ1) is 14.7. The molecule has 2 aromatic carbocycles. The predicted octanol–water partition coefficient (Wildman–Crippen LogP) is 5.00. The van der Waals surface area contributed by atoms with Crippen LogP contribution in [0.25, 0.3) is 11.4 Å². The Bertz CT molecular complexity index is 960. The summed E-state index contributed by atoms with van der Waals surface area (Å²) in [5.41, 5.74) is 2.23. The largest absolute Gasteiger partial charge is 0.379 e. The lowest BCUT2D eigenvalue weighted by molar-refractivity contribution is 0.0398. The van der Waals surface area contributed by atoms with E-state index in [1.165, 1.54) is 5.56 Å². The van der Waals surface area contributed by atoms with Crippen LogP contribution in [0.1, 0.15) is 5.56 Å². The maximum Gasteiger partial charge on any atom is 0.162 e. The van der Waals surface area contributed by atoms with Gasteiger partial charge in [0, 0.05) is 47.7 Å². The van der Waals surface area contributed by atoms with E-state index in [0.29, 0.717) is 0 Å². The third-order valence-corrected chi connectivity index (χ3v) is 6.06. The topological polar surface area (TPSA) is 50.3 Å². The smallest absolute Gasteiger partial charge is 0.162 e. The summed E-state index contributed by atoms with van der Waals surface area (Å²) in [7, 11) is 0. The van der Waals surface area contributed by atoms with Gasteiger partial charge >= 0.3 is 0 Å². The third-order valence-electron chi connectivity index (χ3n) is 4.89. The van der Waals surface area contributed by atoms with Crippen LogP contribution in [0.2, 0.25) is 5.02 Å². The number of nitrogens with zero attached hydrogens (tertiary/aromatic N) is 3. The standard InChI is InChI=1S/C23H25ClN4OS/c1-17-2-4-18(5-3-17)23-26-21(25-10-11-28-12-14-29-15-13-28)16-22(27-23)30-20-8-6-19(24)7-9-20/h2-9,16H,10-15H2,1H3,(H,25,26,27). The highest BCUT2D eigenvalue weighted by atomic mass is 35.5. The van der Waals surface area contributed by atoms with Gasteiger partial charge in [-0.05, 0) is 31.2 Å². The Balaban J connectivity index is 1.53. The highest BCUT2D eigenvalue weighted by molar-refractivity contribution is 7.99. The van der Waals surface area contributed by atoms with E-state index < -0.39 is 0 Å². The van der Waals surface area contributed by atoms with Crippen molar-refractivity contribution in [1.29, 1.82) is 0 Å². The summed E-state index contributed by atoms with van der Waals surface area (Å²) in [5.74, 6) is 1.56. The van der Waals surface area contributed by atoms with Gasteiger partial charge in [-0.1, -0.05) is 53.2 Å². The molecule has 0 bridgehead atoms. The number of aryl methyl sites for hydroxylation is 1. The number of halogens is 1. The quantitative estimate of drug-likeness (QED) is 0.522. The third kappa shape index (κ3) is 5.95. The Morgan fingerprint density at radius 1 is 1.03 bits per heavy atom. The van der Waals surface area contributed by atoms with Gasteiger partial charge in [0.1, 0.15) is 10.8 Å². The number of morpholine rings is 1. The molecule has 1 saturated heterocycles. The molecule has 0 saturated carbocycles. The molecule has 1 aliphatic rings. The van der Waals surface area contributed by atoms with Crippen molar-refractivity contribution in [3.05, 3.63) is 65.2 Å². The highest BCUT2D eigenvalue weighted by Gasteiger charge is 2.11. The van der Waals surface area contributed by atoms with Gasteiger partial charge < -0.3 is 10.1 Å². The second kappa shape index (κ2) is 10.3. The van der Waals surface area contributed by atoms with Crippen LogP contribution in [0, 0.1) is 6.92 Å². The molecule has 156 valence electrons. The molecule has 0 atom stereocenters. The molecule has 5 nitrogen and oxygen atoms in total. The molecule has 0 amide bonds. The molecule has 7 heteroatoms. The monoisotopic (exact) mass is 440 g/mol. The minimum atomic E-state index is 0.725. The summed E-state index contributed by atoms with van der Waals surface area (Å²) in [6.07, 6.45) is 0. The number of hydrogen-bond donors (Lipinski definition) is 1. The maximum atomic E-state index is 6.02. The molecule has 0 unspecified atom stereocenters. The number of rotatable bonds is 7. The zero-order chi connectivity index (χ0) is 20.8. The fourth-order valence-electron chi connectivity index (χ4n) is 3.19. The molecule has 4 rings (SSSR count). The molecule has 0 radical (unpaired) electrons. The minimum Gasteiger partial charge on any atom is -0.379 e. The Morgan fingerprint density at radius 2 is 1.77 bits per heavy atom. The normalized spacial score (nSPS) is 14.6. The molecule has 1 N–H and O–H groups in total. The lowest BCUT2D eigenvalue weighted by Gasteiger charge is -2.26. The van der Waals surface area contributed by atoms with Crippen molar-refractivity contribution < 1.29 is 4.74 Å². The van der Waals surface area contributed by atoms with Gasteiger partial charge in [-0.15, -0.1) is 0 Å². The molecule has 1 fully saturated rings. The lowest BCUT2D eigenvalue weighted by atomic mass is 10.1. The second-order valence-electron chi connectivity index (χ2n) is 7.22. The van der Waals surface area contributed by atoms with E-state index in [1.54, 1.807) is 11.8 Å². The van der Waals surface area contributed by atoms with Gasteiger partial charge in [0.2, 0.25) is 0 Å². The van der Waals surface area contributed by atoms with Crippen LogP contribution in [0.3, 0.4) is 0 Å². The Morgan fingerprint density at radius 3 is 2.50 bits per heavy atom. The number of ether oxygens (including phenoxy) is 1. The number of nitrogens with one attached hydrogen (secondary N) is 1. The van der Waals surface area contributed by atoms with Crippen LogP contribution < -0.4 is 5.32 Å². The van der Waals surface area contributed by atoms with Crippen LogP contribution in [0.15, 0.2) is 64.5 Å². The fourth-order valence-corrected chi connectivity index (χ4v) is 4.13. The van der Waals surface area contributed by atoms with E-state index in [1.807, 2.05) is 30.3 Å². The van der Waals surface area contributed by atoms with Crippen LogP contribution >= 0.6 is 23.4 Å². The van der Waals surface area contributed by atoms with Crippen molar-refractivity contribution >= 4 is 29.2 Å². The second-order valence-corrected chi connectivity index (χ2v) is 8.75. The molecule has 0 aliphatic carbocycles. The van der Waals surface area contributed by atoms with Crippen molar-refractivity contribution in [2.75, 3.05) is 44.7 Å². The van der Waals surface area contributed by atoms with E-state index in [4.69, 9.17) is 26.3 Å². The molecule has 2 heterocycles. The molecular weight excluding hydrogens is 416 g/mol. The average Bonchev–Trinajstić information content (AvgIpc) is 2.76. The molecule has 0 spiro atoms. The van der Waals surface area contributed by atoms with Crippen molar-refractivity contribution in [3.8, 4) is 11.4 Å². The van der Waals surface area contributed by atoms with Crippen molar-refractivity contribution in [3.63, 3.8) is 0 Å². The predicted molar refractivity (Wildman–Crippen MR) is 124 cm³/mol. The van der Waals surface area contributed by atoms with Gasteiger partial charge in [0.15, 0.2) is 5.82 Å². The fraction of sp³-hybridized carbons (Fsp3) is 0.304. The minimum absolute atomic E-state index is 0.725. The van der Waals surface area contributed by atoms with Crippen LogP contribution in [-0.4, -0.2) is 54.3 Å². The highest BCUT2D eigenvalue weighted by Crippen LogP contribution is 2.30. The maximum absolute atomic E-state index is 6.02. The first-order valence-electron chi connectivity index (χ1n) is 10.1.